The highest BCUT2D eigenvalue weighted by Gasteiger charge is 2.49. The van der Waals surface area contributed by atoms with Crippen LogP contribution in [0.1, 0.15) is 61.5 Å². The molecule has 2 aliphatic rings. The lowest BCUT2D eigenvalue weighted by molar-refractivity contribution is -0.133. The Balaban J connectivity index is 1.61. The third kappa shape index (κ3) is 4.00. The SMILES string of the molecule is COc1ccc(OC)c2c1cc1n2C[C@@](C)(C(=O)NC2CCCC2)N(C[C@H](C)c2ccccc2)C1=O. The molecule has 7 nitrogen and oxygen atoms in total. The Kier molecular flexibility index (Phi) is 6.41. The van der Waals surface area contributed by atoms with Crippen molar-refractivity contribution in [1.29, 1.82) is 0 Å². The summed E-state index contributed by atoms with van der Waals surface area (Å²) in [5, 5.41) is 4.08. The van der Waals surface area contributed by atoms with Crippen LogP contribution < -0.4 is 14.8 Å². The summed E-state index contributed by atoms with van der Waals surface area (Å²) >= 11 is 0. The number of hydrogen-bond acceptors (Lipinski definition) is 4. The number of nitrogens with zero attached hydrogens (tertiary/aromatic N) is 2. The normalized spacial score (nSPS) is 20.9. The van der Waals surface area contributed by atoms with E-state index in [0.717, 1.165) is 42.1 Å². The van der Waals surface area contributed by atoms with E-state index in [0.29, 0.717) is 30.3 Å². The third-order valence-electron chi connectivity index (χ3n) is 7.95. The van der Waals surface area contributed by atoms with E-state index in [1.807, 2.05) is 47.9 Å². The number of rotatable bonds is 7. The zero-order valence-corrected chi connectivity index (χ0v) is 21.5. The van der Waals surface area contributed by atoms with Gasteiger partial charge in [-0.15, -0.1) is 0 Å². The third-order valence-corrected chi connectivity index (χ3v) is 7.95. The summed E-state index contributed by atoms with van der Waals surface area (Å²) in [5.74, 6) is 1.12. The summed E-state index contributed by atoms with van der Waals surface area (Å²) in [6.07, 6.45) is 4.22. The maximum Gasteiger partial charge on any atom is 0.271 e. The smallest absolute Gasteiger partial charge is 0.271 e. The molecular weight excluding hydrogens is 454 g/mol. The molecule has 1 saturated carbocycles. The van der Waals surface area contributed by atoms with Gasteiger partial charge in [0.15, 0.2) is 0 Å². The molecule has 0 unspecified atom stereocenters. The molecule has 36 heavy (non-hydrogen) atoms. The number of carbonyl (C=O) groups excluding carboxylic acids is 2. The predicted molar refractivity (Wildman–Crippen MR) is 140 cm³/mol. The molecule has 1 aliphatic heterocycles. The summed E-state index contributed by atoms with van der Waals surface area (Å²) in [6.45, 7) is 4.77. The fourth-order valence-electron chi connectivity index (χ4n) is 5.81. The van der Waals surface area contributed by atoms with E-state index in [1.54, 1.807) is 19.1 Å². The Morgan fingerprint density at radius 2 is 1.75 bits per heavy atom. The van der Waals surface area contributed by atoms with Crippen LogP contribution in [0.2, 0.25) is 0 Å². The van der Waals surface area contributed by atoms with Crippen LogP contribution in [0.3, 0.4) is 0 Å². The second-order valence-electron chi connectivity index (χ2n) is 10.3. The summed E-state index contributed by atoms with van der Waals surface area (Å²) < 4.78 is 13.2. The lowest BCUT2D eigenvalue weighted by Crippen LogP contribution is -2.65. The number of nitrogens with one attached hydrogen (secondary N) is 1. The zero-order chi connectivity index (χ0) is 25.4. The lowest BCUT2D eigenvalue weighted by Gasteiger charge is -2.45. The van der Waals surface area contributed by atoms with Crippen LogP contribution in [0.4, 0.5) is 0 Å². The first kappa shape index (κ1) is 24.2. The summed E-state index contributed by atoms with van der Waals surface area (Å²) in [4.78, 5) is 29.9. The molecule has 0 bridgehead atoms. The van der Waals surface area contributed by atoms with Crippen LogP contribution in [0, 0.1) is 0 Å². The van der Waals surface area contributed by atoms with Crippen LogP contribution in [-0.4, -0.2) is 53.6 Å². The van der Waals surface area contributed by atoms with Crippen molar-refractivity contribution in [3.63, 3.8) is 0 Å². The number of methoxy groups -OCH3 is 2. The standard InChI is InChI=1S/C29H35N3O4/c1-19(20-10-6-5-7-11-20)17-32-27(33)23-16-22-24(35-3)14-15-25(36-4)26(22)31(23)18-29(32,2)28(34)30-21-12-8-9-13-21/h5-7,10-11,14-16,19,21H,8-9,12-13,17-18H2,1-4H3,(H,30,34)/t19-,29-/m0/s1. The minimum atomic E-state index is -1.06. The summed E-state index contributed by atoms with van der Waals surface area (Å²) in [6, 6.07) is 15.9. The molecule has 0 saturated heterocycles. The monoisotopic (exact) mass is 489 g/mol. The zero-order valence-electron chi connectivity index (χ0n) is 21.5. The molecule has 190 valence electrons. The van der Waals surface area contributed by atoms with Gasteiger partial charge < -0.3 is 24.3 Å². The number of fused-ring (bicyclic) bond motifs is 3. The molecule has 0 radical (unpaired) electrons. The Bertz CT molecular complexity index is 1280. The summed E-state index contributed by atoms with van der Waals surface area (Å²) in [5.41, 5.74) is 1.39. The van der Waals surface area contributed by atoms with Gasteiger partial charge in [0, 0.05) is 18.0 Å². The maximum atomic E-state index is 14.2. The van der Waals surface area contributed by atoms with Crippen molar-refractivity contribution in [2.45, 2.75) is 63.6 Å². The van der Waals surface area contributed by atoms with Crippen LogP contribution in [0.15, 0.2) is 48.5 Å². The van der Waals surface area contributed by atoms with Gasteiger partial charge in [-0.05, 0) is 49.4 Å². The van der Waals surface area contributed by atoms with Crippen molar-refractivity contribution in [3.8, 4) is 11.5 Å². The molecule has 1 N–H and O–H groups in total. The molecule has 1 aliphatic carbocycles. The van der Waals surface area contributed by atoms with Crippen LogP contribution in [-0.2, 0) is 11.3 Å². The second kappa shape index (κ2) is 9.52. The topological polar surface area (TPSA) is 72.8 Å². The first-order chi connectivity index (χ1) is 17.4. The van der Waals surface area contributed by atoms with Crippen molar-refractivity contribution in [1.82, 2.24) is 14.8 Å². The van der Waals surface area contributed by atoms with Crippen LogP contribution >= 0.6 is 0 Å². The number of carbonyl (C=O) groups is 2. The van der Waals surface area contributed by atoms with E-state index in [2.05, 4.69) is 24.4 Å². The molecule has 1 fully saturated rings. The number of ether oxygens (including phenoxy) is 2. The van der Waals surface area contributed by atoms with Crippen molar-refractivity contribution < 1.29 is 19.1 Å². The number of benzene rings is 2. The van der Waals surface area contributed by atoms with E-state index in [4.69, 9.17) is 9.47 Å². The molecular formula is C29H35N3O4. The van der Waals surface area contributed by atoms with Gasteiger partial charge in [-0.1, -0.05) is 50.1 Å². The fraction of sp³-hybridized carbons (Fsp3) is 0.448. The van der Waals surface area contributed by atoms with E-state index >= 15 is 0 Å². The van der Waals surface area contributed by atoms with Crippen LogP contribution in [0.5, 0.6) is 11.5 Å². The second-order valence-corrected chi connectivity index (χ2v) is 10.3. The van der Waals surface area contributed by atoms with E-state index < -0.39 is 5.54 Å². The van der Waals surface area contributed by atoms with Crippen molar-refractivity contribution in [3.05, 3.63) is 59.8 Å². The number of hydrogen-bond donors (Lipinski definition) is 1. The average Bonchev–Trinajstić information content (AvgIpc) is 3.54. The quantitative estimate of drug-likeness (QED) is 0.521. The van der Waals surface area contributed by atoms with Gasteiger partial charge in [0.05, 0.1) is 26.3 Å². The minimum Gasteiger partial charge on any atom is -0.496 e. The highest BCUT2D eigenvalue weighted by molar-refractivity contribution is 6.06. The van der Waals surface area contributed by atoms with Crippen molar-refractivity contribution >= 4 is 22.7 Å². The Morgan fingerprint density at radius 1 is 1.08 bits per heavy atom. The van der Waals surface area contributed by atoms with Gasteiger partial charge in [0.25, 0.3) is 5.91 Å². The fourth-order valence-corrected chi connectivity index (χ4v) is 5.81. The molecule has 7 heteroatoms. The molecule has 3 aromatic rings. The predicted octanol–water partition coefficient (Wildman–Crippen LogP) is 4.74. The Hall–Kier alpha value is -3.48. The van der Waals surface area contributed by atoms with Gasteiger partial charge in [-0.2, -0.15) is 0 Å². The first-order valence-electron chi connectivity index (χ1n) is 12.8. The molecule has 1 aromatic heterocycles. The number of amides is 2. The lowest BCUT2D eigenvalue weighted by atomic mass is 9.91. The Morgan fingerprint density at radius 3 is 2.42 bits per heavy atom. The van der Waals surface area contributed by atoms with Gasteiger partial charge in [-0.3, -0.25) is 9.59 Å². The first-order valence-corrected chi connectivity index (χ1v) is 12.8. The van der Waals surface area contributed by atoms with E-state index in [-0.39, 0.29) is 23.8 Å². The largest absolute Gasteiger partial charge is 0.496 e. The molecule has 2 heterocycles. The van der Waals surface area contributed by atoms with E-state index in [9.17, 15) is 9.59 Å². The molecule has 2 amide bonds. The van der Waals surface area contributed by atoms with Gasteiger partial charge in [0.2, 0.25) is 5.91 Å². The molecule has 2 aromatic carbocycles. The van der Waals surface area contributed by atoms with E-state index in [1.165, 1.54) is 0 Å². The highest BCUT2D eigenvalue weighted by atomic mass is 16.5. The number of aromatic nitrogens is 1. The molecule has 2 atom stereocenters. The summed E-state index contributed by atoms with van der Waals surface area (Å²) in [7, 11) is 3.23. The maximum absolute atomic E-state index is 14.2. The van der Waals surface area contributed by atoms with Gasteiger partial charge >= 0.3 is 0 Å². The highest BCUT2D eigenvalue weighted by Crippen LogP contribution is 2.40. The average molecular weight is 490 g/mol. The van der Waals surface area contributed by atoms with Crippen molar-refractivity contribution in [2.75, 3.05) is 20.8 Å². The minimum absolute atomic E-state index is 0.0637. The molecule has 0 spiro atoms. The molecule has 5 rings (SSSR count). The van der Waals surface area contributed by atoms with Gasteiger partial charge in [0.1, 0.15) is 22.7 Å². The van der Waals surface area contributed by atoms with Crippen LogP contribution in [0.25, 0.3) is 10.9 Å². The van der Waals surface area contributed by atoms with Crippen molar-refractivity contribution in [2.24, 2.45) is 0 Å². The van der Waals surface area contributed by atoms with Gasteiger partial charge in [-0.25, -0.2) is 0 Å². The Labute approximate surface area is 212 Å².